The molecule has 1 atom stereocenters. The van der Waals surface area contributed by atoms with Crippen LogP contribution in [0.3, 0.4) is 0 Å². The second-order valence-corrected chi connectivity index (χ2v) is 4.22. The zero-order valence-corrected chi connectivity index (χ0v) is 9.16. The van der Waals surface area contributed by atoms with Crippen LogP contribution in [0.15, 0.2) is 35.3 Å². The lowest BCUT2D eigenvalue weighted by Gasteiger charge is -2.03. The first-order valence-corrected chi connectivity index (χ1v) is 5.53. The van der Waals surface area contributed by atoms with Crippen LogP contribution in [0.1, 0.15) is 12.5 Å². The maximum absolute atomic E-state index is 11.2. The first-order chi connectivity index (χ1) is 7.25. The van der Waals surface area contributed by atoms with Crippen molar-refractivity contribution in [1.82, 2.24) is 0 Å². The van der Waals surface area contributed by atoms with E-state index in [1.54, 1.807) is 6.92 Å². The molecule has 1 aliphatic heterocycles. The van der Waals surface area contributed by atoms with Crippen LogP contribution in [-0.2, 0) is 16.1 Å². The molecular formula is C11H11NO2S. The van der Waals surface area contributed by atoms with Crippen LogP contribution < -0.4 is 0 Å². The molecule has 1 aliphatic rings. The molecule has 0 saturated carbocycles. The number of ether oxygens (including phenoxy) is 1. The molecule has 1 aromatic carbocycles. The van der Waals surface area contributed by atoms with E-state index in [-0.39, 0.29) is 11.2 Å². The van der Waals surface area contributed by atoms with Gasteiger partial charge in [-0.1, -0.05) is 30.3 Å². The van der Waals surface area contributed by atoms with Gasteiger partial charge >= 0.3 is 0 Å². The monoisotopic (exact) mass is 221 g/mol. The smallest absolute Gasteiger partial charge is 0.254 e. The Morgan fingerprint density at radius 2 is 2.13 bits per heavy atom. The molecular weight excluding hydrogens is 210 g/mol. The lowest BCUT2D eigenvalue weighted by molar-refractivity contribution is -0.111. The molecule has 0 amide bonds. The Morgan fingerprint density at radius 1 is 1.40 bits per heavy atom. The van der Waals surface area contributed by atoms with Crippen LogP contribution in [-0.4, -0.2) is 16.4 Å². The third kappa shape index (κ3) is 2.59. The Balaban J connectivity index is 1.90. The highest BCUT2D eigenvalue weighted by molar-refractivity contribution is 8.26. The average molecular weight is 221 g/mol. The lowest BCUT2D eigenvalue weighted by atomic mass is 10.2. The number of hydrogen-bond acceptors (Lipinski definition) is 4. The van der Waals surface area contributed by atoms with Gasteiger partial charge in [0.1, 0.15) is 12.6 Å². The minimum Gasteiger partial charge on any atom is -0.468 e. The molecule has 4 heteroatoms. The van der Waals surface area contributed by atoms with Crippen molar-refractivity contribution in [2.75, 3.05) is 0 Å². The molecule has 0 spiro atoms. The summed E-state index contributed by atoms with van der Waals surface area (Å²) in [4.78, 5) is 15.3. The normalized spacial score (nSPS) is 20.2. The van der Waals surface area contributed by atoms with Crippen molar-refractivity contribution in [3.63, 3.8) is 0 Å². The second kappa shape index (κ2) is 4.49. The summed E-state index contributed by atoms with van der Waals surface area (Å²) in [6, 6.07) is 9.56. The van der Waals surface area contributed by atoms with E-state index < -0.39 is 0 Å². The van der Waals surface area contributed by atoms with Crippen molar-refractivity contribution in [2.45, 2.75) is 19.6 Å². The van der Waals surface area contributed by atoms with E-state index in [1.807, 2.05) is 30.3 Å². The number of aliphatic imine (C=N–C) groups is 1. The van der Waals surface area contributed by atoms with E-state index in [2.05, 4.69) is 4.99 Å². The van der Waals surface area contributed by atoms with E-state index in [0.29, 0.717) is 11.8 Å². The average Bonchev–Trinajstić information content (AvgIpc) is 2.57. The maximum Gasteiger partial charge on any atom is 0.254 e. The van der Waals surface area contributed by atoms with Crippen molar-refractivity contribution in [1.29, 1.82) is 0 Å². The van der Waals surface area contributed by atoms with Gasteiger partial charge in [-0.15, -0.1) is 0 Å². The van der Waals surface area contributed by atoms with Gasteiger partial charge in [0, 0.05) is 11.8 Å². The van der Waals surface area contributed by atoms with Gasteiger partial charge in [0.05, 0.1) is 0 Å². The summed E-state index contributed by atoms with van der Waals surface area (Å²) in [6.07, 6.45) is 0. The van der Waals surface area contributed by atoms with Crippen LogP contribution in [0.4, 0.5) is 0 Å². The van der Waals surface area contributed by atoms with Gasteiger partial charge < -0.3 is 4.74 Å². The van der Waals surface area contributed by atoms with Crippen LogP contribution in [0, 0.1) is 0 Å². The molecule has 2 rings (SSSR count). The highest BCUT2D eigenvalue weighted by atomic mass is 32.2. The fraction of sp³-hybridized carbons (Fsp3) is 0.273. The zero-order chi connectivity index (χ0) is 10.7. The van der Waals surface area contributed by atoms with E-state index in [0.717, 1.165) is 17.3 Å². The standard InChI is InChI=1S/C11H11NO2S/c1-8-10(13)15-11(12-8)14-7-9-5-3-2-4-6-9/h2-6,8H,7H2,1H3/t8-/m1/s1. The Kier molecular flexibility index (Phi) is 3.06. The Labute approximate surface area is 92.5 Å². The van der Waals surface area contributed by atoms with Gasteiger partial charge in [0.25, 0.3) is 5.23 Å². The predicted octanol–water partition coefficient (Wildman–Crippen LogP) is 2.22. The van der Waals surface area contributed by atoms with Crippen molar-refractivity contribution >= 4 is 22.1 Å². The van der Waals surface area contributed by atoms with Gasteiger partial charge in [0.15, 0.2) is 0 Å². The van der Waals surface area contributed by atoms with Gasteiger partial charge in [-0.2, -0.15) is 0 Å². The van der Waals surface area contributed by atoms with Gasteiger partial charge in [-0.3, -0.25) is 4.79 Å². The van der Waals surface area contributed by atoms with Crippen LogP contribution in [0.2, 0.25) is 0 Å². The van der Waals surface area contributed by atoms with Gasteiger partial charge in [0.2, 0.25) is 5.12 Å². The minimum atomic E-state index is -0.263. The summed E-state index contributed by atoms with van der Waals surface area (Å²) >= 11 is 1.08. The molecule has 0 bridgehead atoms. The molecule has 0 N–H and O–H groups in total. The summed E-state index contributed by atoms with van der Waals surface area (Å²) in [5.41, 5.74) is 1.08. The molecule has 78 valence electrons. The second-order valence-electron chi connectivity index (χ2n) is 3.27. The molecule has 0 saturated heterocycles. The largest absolute Gasteiger partial charge is 0.468 e. The predicted molar refractivity (Wildman–Crippen MR) is 60.7 cm³/mol. The van der Waals surface area contributed by atoms with Gasteiger partial charge in [-0.05, 0) is 12.5 Å². The fourth-order valence-electron chi connectivity index (χ4n) is 1.19. The molecule has 15 heavy (non-hydrogen) atoms. The number of hydrogen-bond donors (Lipinski definition) is 0. The topological polar surface area (TPSA) is 38.7 Å². The van der Waals surface area contributed by atoms with Crippen LogP contribution in [0.25, 0.3) is 0 Å². The van der Waals surface area contributed by atoms with Crippen molar-refractivity contribution in [2.24, 2.45) is 4.99 Å². The van der Waals surface area contributed by atoms with E-state index in [9.17, 15) is 4.79 Å². The molecule has 0 fully saturated rings. The van der Waals surface area contributed by atoms with E-state index in [4.69, 9.17) is 4.74 Å². The van der Waals surface area contributed by atoms with Crippen molar-refractivity contribution in [3.05, 3.63) is 35.9 Å². The van der Waals surface area contributed by atoms with Crippen LogP contribution in [0.5, 0.6) is 0 Å². The summed E-state index contributed by atoms with van der Waals surface area (Å²) in [5, 5.41) is 0.536. The van der Waals surface area contributed by atoms with E-state index in [1.165, 1.54) is 0 Å². The van der Waals surface area contributed by atoms with E-state index >= 15 is 0 Å². The molecule has 3 nitrogen and oxygen atoms in total. The number of carbonyl (C=O) groups is 1. The molecule has 0 aliphatic carbocycles. The molecule has 1 heterocycles. The Bertz CT molecular complexity index is 389. The summed E-state index contributed by atoms with van der Waals surface area (Å²) in [6.45, 7) is 2.24. The summed E-state index contributed by atoms with van der Waals surface area (Å²) in [5.74, 6) is 0. The van der Waals surface area contributed by atoms with Crippen molar-refractivity contribution < 1.29 is 9.53 Å². The number of thioether (sulfide) groups is 1. The highest BCUT2D eigenvalue weighted by Gasteiger charge is 2.24. The number of carbonyl (C=O) groups excluding carboxylic acids is 1. The first kappa shape index (κ1) is 10.2. The molecule has 0 unspecified atom stereocenters. The maximum atomic E-state index is 11.2. The summed E-state index contributed by atoms with van der Waals surface area (Å²) in [7, 11) is 0. The SMILES string of the molecule is C[C@H]1N=C(OCc2ccccc2)SC1=O. The third-order valence-electron chi connectivity index (χ3n) is 2.03. The summed E-state index contributed by atoms with van der Waals surface area (Å²) < 4.78 is 5.42. The highest BCUT2D eigenvalue weighted by Crippen LogP contribution is 2.21. The first-order valence-electron chi connectivity index (χ1n) is 4.72. The molecule has 1 aromatic rings. The van der Waals surface area contributed by atoms with Gasteiger partial charge in [-0.25, -0.2) is 4.99 Å². The number of rotatable bonds is 2. The minimum absolute atomic E-state index is 0.0538. The number of nitrogens with zero attached hydrogens (tertiary/aromatic N) is 1. The van der Waals surface area contributed by atoms with Crippen LogP contribution >= 0.6 is 11.8 Å². The van der Waals surface area contributed by atoms with Crippen molar-refractivity contribution in [3.8, 4) is 0 Å². The third-order valence-corrected chi connectivity index (χ3v) is 2.97. The lowest BCUT2D eigenvalue weighted by Crippen LogP contribution is -2.02. The Hall–Kier alpha value is -1.29. The molecule has 0 radical (unpaired) electrons. The molecule has 0 aromatic heterocycles. The number of benzene rings is 1. The Morgan fingerprint density at radius 3 is 2.73 bits per heavy atom. The quantitative estimate of drug-likeness (QED) is 0.768. The fourth-order valence-corrected chi connectivity index (χ4v) is 1.92. The zero-order valence-electron chi connectivity index (χ0n) is 8.34.